The molecule has 0 spiro atoms. The van der Waals surface area contributed by atoms with Gasteiger partial charge in [-0.05, 0) is 30.2 Å². The molecule has 1 fully saturated rings. The first-order valence-electron chi connectivity index (χ1n) is 5.27. The van der Waals surface area contributed by atoms with E-state index in [1.54, 1.807) is 12.1 Å². The summed E-state index contributed by atoms with van der Waals surface area (Å²) in [5.74, 6) is 1.04. The summed E-state index contributed by atoms with van der Waals surface area (Å²) in [4.78, 5) is 0. The van der Waals surface area contributed by atoms with Crippen LogP contribution in [0.4, 0.5) is 4.39 Å². The van der Waals surface area contributed by atoms with Crippen LogP contribution in [0.5, 0.6) is 0 Å². The van der Waals surface area contributed by atoms with Gasteiger partial charge in [0.25, 0.3) is 0 Å². The van der Waals surface area contributed by atoms with E-state index in [9.17, 15) is 4.39 Å². The third-order valence-corrected chi connectivity index (χ3v) is 3.14. The summed E-state index contributed by atoms with van der Waals surface area (Å²) in [5, 5.41) is 3.37. The van der Waals surface area contributed by atoms with Crippen LogP contribution >= 0.6 is 0 Å². The minimum Gasteiger partial charge on any atom is -0.316 e. The van der Waals surface area contributed by atoms with Crippen molar-refractivity contribution in [2.24, 2.45) is 5.92 Å². The normalized spacial score (nSPS) is 26.7. The van der Waals surface area contributed by atoms with Crippen LogP contribution in [0.2, 0.25) is 0 Å². The van der Waals surface area contributed by atoms with Gasteiger partial charge < -0.3 is 5.32 Å². The van der Waals surface area contributed by atoms with Crippen LogP contribution in [-0.2, 0) is 0 Å². The van der Waals surface area contributed by atoms with Crippen molar-refractivity contribution in [2.45, 2.75) is 19.3 Å². The van der Waals surface area contributed by atoms with Crippen molar-refractivity contribution < 1.29 is 4.39 Å². The molecule has 0 bridgehead atoms. The Bertz CT molecular complexity index is 311. The summed E-state index contributed by atoms with van der Waals surface area (Å²) in [6.45, 7) is 4.25. The maximum Gasteiger partial charge on any atom is 0.123 e. The van der Waals surface area contributed by atoms with Gasteiger partial charge in [-0.1, -0.05) is 25.5 Å². The van der Waals surface area contributed by atoms with Crippen LogP contribution in [0, 0.1) is 11.7 Å². The first kappa shape index (κ1) is 9.66. The molecule has 14 heavy (non-hydrogen) atoms. The van der Waals surface area contributed by atoms with Crippen molar-refractivity contribution in [1.29, 1.82) is 0 Å². The maximum atomic E-state index is 13.0. The van der Waals surface area contributed by atoms with Crippen molar-refractivity contribution in [1.82, 2.24) is 5.32 Å². The van der Waals surface area contributed by atoms with Gasteiger partial charge in [0.2, 0.25) is 0 Å². The van der Waals surface area contributed by atoms with Crippen LogP contribution in [0.15, 0.2) is 24.3 Å². The Balaban J connectivity index is 2.21. The molecule has 0 aliphatic carbocycles. The lowest BCUT2D eigenvalue weighted by Crippen LogP contribution is -2.09. The molecule has 76 valence electrons. The molecule has 1 aliphatic rings. The van der Waals surface area contributed by atoms with E-state index >= 15 is 0 Å². The molecule has 0 amide bonds. The zero-order valence-corrected chi connectivity index (χ0v) is 8.46. The summed E-state index contributed by atoms with van der Waals surface area (Å²) in [6.07, 6.45) is 1.16. The van der Waals surface area contributed by atoms with Crippen LogP contribution in [0.3, 0.4) is 0 Å². The van der Waals surface area contributed by atoms with Gasteiger partial charge in [-0.15, -0.1) is 0 Å². The third kappa shape index (κ3) is 1.80. The molecule has 0 aromatic heterocycles. The fraction of sp³-hybridized carbons (Fsp3) is 0.500. The first-order chi connectivity index (χ1) is 6.81. The molecule has 2 atom stereocenters. The highest BCUT2D eigenvalue weighted by Gasteiger charge is 2.26. The Kier molecular flexibility index (Phi) is 2.82. The zero-order chi connectivity index (χ0) is 9.97. The maximum absolute atomic E-state index is 13.0. The van der Waals surface area contributed by atoms with E-state index in [-0.39, 0.29) is 5.82 Å². The third-order valence-electron chi connectivity index (χ3n) is 3.14. The van der Waals surface area contributed by atoms with E-state index in [0.29, 0.717) is 11.8 Å². The standard InChI is InChI=1S/C12H16FN/c1-2-9-7-14-8-12(9)10-4-3-5-11(13)6-10/h3-6,9,12,14H,2,7-8H2,1H3/t9-,12+/m1/s1. The molecule has 1 aromatic carbocycles. The Morgan fingerprint density at radius 3 is 3.00 bits per heavy atom. The molecular weight excluding hydrogens is 177 g/mol. The molecule has 0 saturated carbocycles. The highest BCUT2D eigenvalue weighted by molar-refractivity contribution is 5.23. The van der Waals surface area contributed by atoms with Gasteiger partial charge in [0.15, 0.2) is 0 Å². The number of nitrogens with one attached hydrogen (secondary N) is 1. The van der Waals surface area contributed by atoms with Crippen molar-refractivity contribution in [3.63, 3.8) is 0 Å². The number of benzene rings is 1. The molecule has 1 saturated heterocycles. The minimum atomic E-state index is -0.121. The van der Waals surface area contributed by atoms with Gasteiger partial charge in [-0.3, -0.25) is 0 Å². The second-order valence-corrected chi connectivity index (χ2v) is 3.99. The van der Waals surface area contributed by atoms with E-state index < -0.39 is 0 Å². The molecule has 0 radical (unpaired) electrons. The minimum absolute atomic E-state index is 0.121. The van der Waals surface area contributed by atoms with Crippen LogP contribution in [-0.4, -0.2) is 13.1 Å². The average Bonchev–Trinajstić information content (AvgIpc) is 2.65. The van der Waals surface area contributed by atoms with Crippen LogP contribution in [0.25, 0.3) is 0 Å². The van der Waals surface area contributed by atoms with Crippen molar-refractivity contribution in [3.8, 4) is 0 Å². The quantitative estimate of drug-likeness (QED) is 0.761. The van der Waals surface area contributed by atoms with Gasteiger partial charge in [0, 0.05) is 12.5 Å². The molecule has 2 rings (SSSR count). The number of hydrogen-bond acceptors (Lipinski definition) is 1. The summed E-state index contributed by atoms with van der Waals surface area (Å²) in [5.41, 5.74) is 1.14. The first-order valence-corrected chi connectivity index (χ1v) is 5.27. The lowest BCUT2D eigenvalue weighted by Gasteiger charge is -2.16. The van der Waals surface area contributed by atoms with Crippen molar-refractivity contribution in [3.05, 3.63) is 35.6 Å². The number of rotatable bonds is 2. The van der Waals surface area contributed by atoms with E-state index in [0.717, 1.165) is 25.1 Å². The molecular formula is C12H16FN. The predicted molar refractivity (Wildman–Crippen MR) is 55.8 cm³/mol. The number of halogens is 1. The smallest absolute Gasteiger partial charge is 0.123 e. The average molecular weight is 193 g/mol. The van der Waals surface area contributed by atoms with Crippen molar-refractivity contribution in [2.75, 3.05) is 13.1 Å². The molecule has 1 nitrogen and oxygen atoms in total. The monoisotopic (exact) mass is 193 g/mol. The number of hydrogen-bond donors (Lipinski definition) is 1. The highest BCUT2D eigenvalue weighted by Crippen LogP contribution is 2.30. The van der Waals surface area contributed by atoms with Gasteiger partial charge >= 0.3 is 0 Å². The van der Waals surface area contributed by atoms with Gasteiger partial charge in [0.05, 0.1) is 0 Å². The summed E-state index contributed by atoms with van der Waals surface area (Å²) < 4.78 is 13.0. The molecule has 1 aliphatic heterocycles. The summed E-state index contributed by atoms with van der Waals surface area (Å²) >= 11 is 0. The molecule has 2 heteroatoms. The van der Waals surface area contributed by atoms with Crippen LogP contribution < -0.4 is 5.32 Å². The molecule has 1 aromatic rings. The lowest BCUT2D eigenvalue weighted by atomic mass is 9.87. The Labute approximate surface area is 84.3 Å². The fourth-order valence-corrected chi connectivity index (χ4v) is 2.29. The highest BCUT2D eigenvalue weighted by atomic mass is 19.1. The summed E-state index contributed by atoms with van der Waals surface area (Å²) in [7, 11) is 0. The van der Waals surface area contributed by atoms with E-state index in [4.69, 9.17) is 0 Å². The predicted octanol–water partition coefficient (Wildman–Crippen LogP) is 2.54. The lowest BCUT2D eigenvalue weighted by molar-refractivity contribution is 0.500. The zero-order valence-electron chi connectivity index (χ0n) is 8.46. The summed E-state index contributed by atoms with van der Waals surface area (Å²) in [6, 6.07) is 7.01. The Morgan fingerprint density at radius 2 is 2.29 bits per heavy atom. The van der Waals surface area contributed by atoms with E-state index in [1.807, 2.05) is 6.07 Å². The largest absolute Gasteiger partial charge is 0.316 e. The molecule has 1 N–H and O–H groups in total. The Hall–Kier alpha value is -0.890. The second-order valence-electron chi connectivity index (χ2n) is 3.99. The second kappa shape index (κ2) is 4.09. The molecule has 1 heterocycles. The van der Waals surface area contributed by atoms with Crippen LogP contribution in [0.1, 0.15) is 24.8 Å². The van der Waals surface area contributed by atoms with Gasteiger partial charge in [-0.25, -0.2) is 4.39 Å². The van der Waals surface area contributed by atoms with E-state index in [2.05, 4.69) is 12.2 Å². The van der Waals surface area contributed by atoms with Gasteiger partial charge in [0.1, 0.15) is 5.82 Å². The van der Waals surface area contributed by atoms with Gasteiger partial charge in [-0.2, -0.15) is 0 Å². The molecule has 0 unspecified atom stereocenters. The van der Waals surface area contributed by atoms with Crippen molar-refractivity contribution >= 4 is 0 Å². The fourth-order valence-electron chi connectivity index (χ4n) is 2.29. The SMILES string of the molecule is CC[C@@H]1CNC[C@@H]1c1cccc(F)c1. The van der Waals surface area contributed by atoms with E-state index in [1.165, 1.54) is 6.07 Å². The Morgan fingerprint density at radius 1 is 1.43 bits per heavy atom. The topological polar surface area (TPSA) is 12.0 Å².